The van der Waals surface area contributed by atoms with Crippen molar-refractivity contribution in [3.05, 3.63) is 29.8 Å². The molecule has 106 valence electrons. The van der Waals surface area contributed by atoms with E-state index in [2.05, 4.69) is 13.8 Å². The fourth-order valence-electron chi connectivity index (χ4n) is 1.94. The van der Waals surface area contributed by atoms with Crippen molar-refractivity contribution in [1.82, 2.24) is 0 Å². The van der Waals surface area contributed by atoms with E-state index < -0.39 is 0 Å². The Balaban J connectivity index is 2.32. The standard InChI is InChI=1S/C16H24O3/c1-3-5-6-13(4-2)12-19-16(18)11-14-7-9-15(17)10-8-14/h7-10,13,17H,3-6,11-12H2,1-2H3. The fraction of sp³-hybridized carbons (Fsp3) is 0.562. The number of aromatic hydroxyl groups is 1. The van der Waals surface area contributed by atoms with E-state index in [9.17, 15) is 4.79 Å². The summed E-state index contributed by atoms with van der Waals surface area (Å²) in [7, 11) is 0. The van der Waals surface area contributed by atoms with E-state index in [4.69, 9.17) is 9.84 Å². The number of phenols is 1. The first-order valence-corrected chi connectivity index (χ1v) is 7.09. The van der Waals surface area contributed by atoms with Crippen LogP contribution in [-0.2, 0) is 16.0 Å². The van der Waals surface area contributed by atoms with Gasteiger partial charge in [-0.05, 0) is 30.0 Å². The highest BCUT2D eigenvalue weighted by Gasteiger charge is 2.10. The molecule has 1 rings (SSSR count). The molecule has 3 heteroatoms. The number of ether oxygens (including phenoxy) is 1. The maximum atomic E-state index is 11.7. The SMILES string of the molecule is CCCCC(CC)COC(=O)Cc1ccc(O)cc1. The molecule has 3 nitrogen and oxygen atoms in total. The molecule has 0 aliphatic heterocycles. The first-order chi connectivity index (χ1) is 9.15. The molecule has 0 aromatic heterocycles. The largest absolute Gasteiger partial charge is 0.508 e. The van der Waals surface area contributed by atoms with Crippen LogP contribution in [-0.4, -0.2) is 17.7 Å². The van der Waals surface area contributed by atoms with E-state index in [1.165, 1.54) is 12.8 Å². The number of esters is 1. The van der Waals surface area contributed by atoms with Crippen LogP contribution in [0.3, 0.4) is 0 Å². The zero-order valence-electron chi connectivity index (χ0n) is 11.9. The summed E-state index contributed by atoms with van der Waals surface area (Å²) in [4.78, 5) is 11.7. The summed E-state index contributed by atoms with van der Waals surface area (Å²) in [6.45, 7) is 4.82. The Morgan fingerprint density at radius 1 is 1.26 bits per heavy atom. The van der Waals surface area contributed by atoms with Gasteiger partial charge in [-0.1, -0.05) is 45.2 Å². The predicted molar refractivity (Wildman–Crippen MR) is 76.1 cm³/mol. The van der Waals surface area contributed by atoms with Crippen molar-refractivity contribution in [3.8, 4) is 5.75 Å². The first-order valence-electron chi connectivity index (χ1n) is 7.09. The molecule has 0 bridgehead atoms. The summed E-state index contributed by atoms with van der Waals surface area (Å²) in [6, 6.07) is 6.65. The van der Waals surface area contributed by atoms with E-state index in [-0.39, 0.29) is 18.1 Å². The molecule has 19 heavy (non-hydrogen) atoms. The van der Waals surface area contributed by atoms with Crippen molar-refractivity contribution in [2.24, 2.45) is 5.92 Å². The predicted octanol–water partition coefficient (Wildman–Crippen LogP) is 3.69. The van der Waals surface area contributed by atoms with Gasteiger partial charge >= 0.3 is 5.97 Å². The molecule has 0 heterocycles. The molecule has 1 atom stereocenters. The number of carbonyl (C=O) groups is 1. The van der Waals surface area contributed by atoms with Gasteiger partial charge in [0.05, 0.1) is 13.0 Å². The number of benzene rings is 1. The Labute approximate surface area is 115 Å². The van der Waals surface area contributed by atoms with Crippen LogP contribution in [0.1, 0.15) is 45.1 Å². The lowest BCUT2D eigenvalue weighted by molar-refractivity contribution is -0.144. The van der Waals surface area contributed by atoms with E-state index in [1.54, 1.807) is 24.3 Å². The summed E-state index contributed by atoms with van der Waals surface area (Å²) in [5.41, 5.74) is 0.865. The Bertz CT molecular complexity index is 370. The topological polar surface area (TPSA) is 46.5 Å². The van der Waals surface area contributed by atoms with Crippen molar-refractivity contribution in [2.45, 2.75) is 46.0 Å². The molecule has 0 aliphatic rings. The van der Waals surface area contributed by atoms with Crippen LogP contribution in [0, 0.1) is 5.92 Å². The Hall–Kier alpha value is -1.51. The van der Waals surface area contributed by atoms with E-state index >= 15 is 0 Å². The smallest absolute Gasteiger partial charge is 0.310 e. The van der Waals surface area contributed by atoms with Crippen LogP contribution in [0.15, 0.2) is 24.3 Å². The maximum Gasteiger partial charge on any atom is 0.310 e. The van der Waals surface area contributed by atoms with Gasteiger partial charge in [-0.2, -0.15) is 0 Å². The van der Waals surface area contributed by atoms with Crippen molar-refractivity contribution in [1.29, 1.82) is 0 Å². The lowest BCUT2D eigenvalue weighted by atomic mass is 10.0. The third-order valence-corrected chi connectivity index (χ3v) is 3.31. The van der Waals surface area contributed by atoms with Gasteiger partial charge in [-0.15, -0.1) is 0 Å². The molecule has 1 unspecified atom stereocenters. The number of rotatable bonds is 8. The minimum atomic E-state index is -0.194. The summed E-state index contributed by atoms with van der Waals surface area (Å²) < 4.78 is 5.32. The number of hydrogen-bond donors (Lipinski definition) is 1. The number of carbonyl (C=O) groups excluding carboxylic acids is 1. The fourth-order valence-corrected chi connectivity index (χ4v) is 1.94. The first kappa shape index (κ1) is 15.5. The van der Waals surface area contributed by atoms with E-state index in [0.29, 0.717) is 12.5 Å². The van der Waals surface area contributed by atoms with Gasteiger partial charge < -0.3 is 9.84 Å². The van der Waals surface area contributed by atoms with Crippen molar-refractivity contribution in [2.75, 3.05) is 6.61 Å². The van der Waals surface area contributed by atoms with Crippen molar-refractivity contribution < 1.29 is 14.6 Å². The zero-order chi connectivity index (χ0) is 14.1. The van der Waals surface area contributed by atoms with Gasteiger partial charge in [0, 0.05) is 0 Å². The van der Waals surface area contributed by atoms with E-state index in [1.807, 2.05) is 0 Å². The number of unbranched alkanes of at least 4 members (excludes halogenated alkanes) is 1. The normalized spacial score (nSPS) is 12.1. The third kappa shape index (κ3) is 6.27. The molecular weight excluding hydrogens is 240 g/mol. The molecule has 0 amide bonds. The van der Waals surface area contributed by atoms with Crippen LogP contribution in [0.2, 0.25) is 0 Å². The average molecular weight is 264 g/mol. The van der Waals surface area contributed by atoms with Gasteiger partial charge in [0.25, 0.3) is 0 Å². The monoisotopic (exact) mass is 264 g/mol. The summed E-state index contributed by atoms with van der Waals surface area (Å²) >= 11 is 0. The molecule has 1 N–H and O–H groups in total. The molecule has 0 fully saturated rings. The molecular formula is C16H24O3. The quantitative estimate of drug-likeness (QED) is 0.728. The van der Waals surface area contributed by atoms with Crippen molar-refractivity contribution in [3.63, 3.8) is 0 Å². The van der Waals surface area contributed by atoms with Crippen LogP contribution in [0.5, 0.6) is 5.75 Å². The lowest BCUT2D eigenvalue weighted by Crippen LogP contribution is -2.15. The Morgan fingerprint density at radius 3 is 2.53 bits per heavy atom. The summed E-state index contributed by atoms with van der Waals surface area (Å²) in [5.74, 6) is 0.493. The molecule has 0 saturated carbocycles. The van der Waals surface area contributed by atoms with Gasteiger partial charge in [-0.25, -0.2) is 0 Å². The molecule has 1 aromatic carbocycles. The highest BCUT2D eigenvalue weighted by atomic mass is 16.5. The highest BCUT2D eigenvalue weighted by Crippen LogP contribution is 2.14. The molecule has 0 radical (unpaired) electrons. The zero-order valence-corrected chi connectivity index (χ0v) is 11.9. The summed E-state index contributed by atoms with van der Waals surface area (Å²) in [5, 5.41) is 9.17. The third-order valence-electron chi connectivity index (χ3n) is 3.31. The maximum absolute atomic E-state index is 11.7. The minimum absolute atomic E-state index is 0.194. The molecule has 1 aromatic rings. The van der Waals surface area contributed by atoms with Crippen molar-refractivity contribution >= 4 is 5.97 Å². The second-order valence-electron chi connectivity index (χ2n) is 4.94. The Kier molecular flexibility index (Phi) is 7.01. The van der Waals surface area contributed by atoms with Gasteiger partial charge in [0.1, 0.15) is 5.75 Å². The second-order valence-corrected chi connectivity index (χ2v) is 4.94. The van der Waals surface area contributed by atoms with Gasteiger partial charge in [-0.3, -0.25) is 4.79 Å². The summed E-state index contributed by atoms with van der Waals surface area (Å²) in [6.07, 6.45) is 4.81. The van der Waals surface area contributed by atoms with E-state index in [0.717, 1.165) is 18.4 Å². The Morgan fingerprint density at radius 2 is 1.95 bits per heavy atom. The van der Waals surface area contributed by atoms with Crippen LogP contribution in [0.4, 0.5) is 0 Å². The average Bonchev–Trinajstić information content (AvgIpc) is 2.42. The number of hydrogen-bond acceptors (Lipinski definition) is 3. The van der Waals surface area contributed by atoms with Crippen LogP contribution in [0.25, 0.3) is 0 Å². The lowest BCUT2D eigenvalue weighted by Gasteiger charge is -2.14. The van der Waals surface area contributed by atoms with Crippen LogP contribution < -0.4 is 0 Å². The highest BCUT2D eigenvalue weighted by molar-refractivity contribution is 5.72. The van der Waals surface area contributed by atoms with Crippen LogP contribution >= 0.6 is 0 Å². The molecule has 0 aliphatic carbocycles. The minimum Gasteiger partial charge on any atom is -0.508 e. The second kappa shape index (κ2) is 8.57. The van der Waals surface area contributed by atoms with Gasteiger partial charge in [0.2, 0.25) is 0 Å². The molecule has 0 saturated heterocycles. The van der Waals surface area contributed by atoms with Gasteiger partial charge in [0.15, 0.2) is 0 Å². The number of phenolic OH excluding ortho intramolecular Hbond substituents is 1. The molecule has 0 spiro atoms.